The lowest BCUT2D eigenvalue weighted by Crippen LogP contribution is -2.43. The molecule has 174 valence electrons. The van der Waals surface area contributed by atoms with E-state index in [-0.39, 0.29) is 17.6 Å². The highest BCUT2D eigenvalue weighted by atomic mass is 19.1. The molecule has 1 fully saturated rings. The number of piperidine rings is 1. The van der Waals surface area contributed by atoms with Crippen molar-refractivity contribution in [3.63, 3.8) is 0 Å². The normalized spacial score (nSPS) is 15.9. The number of carbonyl (C=O) groups is 1. The lowest BCUT2D eigenvalue weighted by Gasteiger charge is -2.33. The SMILES string of the molecule is COc1cccc(-c2cc3c(N4CCC[C@@H](C(=O)NCc5ccc(F)cc5)C4)nccn3n2)c1. The number of rotatable bonds is 6. The van der Waals surface area contributed by atoms with E-state index in [2.05, 4.69) is 15.2 Å². The summed E-state index contributed by atoms with van der Waals surface area (Å²) >= 11 is 0. The lowest BCUT2D eigenvalue weighted by atomic mass is 9.97. The van der Waals surface area contributed by atoms with Gasteiger partial charge in [-0.25, -0.2) is 13.9 Å². The number of nitrogens with zero attached hydrogens (tertiary/aromatic N) is 4. The molecule has 1 aliphatic heterocycles. The molecule has 0 radical (unpaired) electrons. The second-order valence-electron chi connectivity index (χ2n) is 8.47. The van der Waals surface area contributed by atoms with E-state index in [9.17, 15) is 9.18 Å². The van der Waals surface area contributed by atoms with Crippen molar-refractivity contribution in [2.45, 2.75) is 19.4 Å². The first kappa shape index (κ1) is 21.9. The molecular formula is C26H26FN5O2. The number of halogens is 1. The molecule has 1 amide bonds. The topological polar surface area (TPSA) is 71.8 Å². The average Bonchev–Trinajstić information content (AvgIpc) is 3.33. The Balaban J connectivity index is 1.33. The zero-order valence-electron chi connectivity index (χ0n) is 18.9. The quantitative estimate of drug-likeness (QED) is 0.471. The van der Waals surface area contributed by atoms with Crippen LogP contribution in [0.5, 0.6) is 5.75 Å². The van der Waals surface area contributed by atoms with Crippen molar-refractivity contribution in [1.82, 2.24) is 19.9 Å². The van der Waals surface area contributed by atoms with Gasteiger partial charge in [0.1, 0.15) is 17.1 Å². The molecule has 2 aromatic heterocycles. The number of methoxy groups -OCH3 is 1. The van der Waals surface area contributed by atoms with Crippen LogP contribution in [0.25, 0.3) is 16.8 Å². The maximum Gasteiger partial charge on any atom is 0.225 e. The van der Waals surface area contributed by atoms with Crippen LogP contribution in [-0.2, 0) is 11.3 Å². The molecule has 0 saturated carbocycles. The smallest absolute Gasteiger partial charge is 0.225 e. The summed E-state index contributed by atoms with van der Waals surface area (Å²) in [6.07, 6.45) is 5.29. The molecule has 2 aromatic carbocycles. The monoisotopic (exact) mass is 459 g/mol. The van der Waals surface area contributed by atoms with Crippen LogP contribution in [0.2, 0.25) is 0 Å². The third-order valence-corrected chi connectivity index (χ3v) is 6.21. The van der Waals surface area contributed by atoms with E-state index >= 15 is 0 Å². The number of hydrogen-bond acceptors (Lipinski definition) is 5. The van der Waals surface area contributed by atoms with Crippen LogP contribution in [0.15, 0.2) is 67.0 Å². The third kappa shape index (κ3) is 4.57. The fraction of sp³-hybridized carbons (Fsp3) is 0.269. The number of nitrogens with one attached hydrogen (secondary N) is 1. The predicted octanol–water partition coefficient (Wildman–Crippen LogP) is 4.08. The van der Waals surface area contributed by atoms with Gasteiger partial charge in [-0.15, -0.1) is 0 Å². The Morgan fingerprint density at radius 3 is 2.88 bits per heavy atom. The molecule has 1 atom stereocenters. The van der Waals surface area contributed by atoms with Gasteiger partial charge in [-0.2, -0.15) is 5.10 Å². The number of anilines is 1. The minimum absolute atomic E-state index is 0.00607. The molecule has 5 rings (SSSR count). The number of amides is 1. The zero-order valence-corrected chi connectivity index (χ0v) is 18.9. The van der Waals surface area contributed by atoms with Gasteiger partial charge < -0.3 is 15.0 Å². The highest BCUT2D eigenvalue weighted by molar-refractivity contribution is 5.81. The van der Waals surface area contributed by atoms with Crippen molar-refractivity contribution < 1.29 is 13.9 Å². The highest BCUT2D eigenvalue weighted by Crippen LogP contribution is 2.29. The number of hydrogen-bond donors (Lipinski definition) is 1. The molecule has 0 bridgehead atoms. The van der Waals surface area contributed by atoms with Crippen molar-refractivity contribution >= 4 is 17.2 Å². The number of benzene rings is 2. The maximum absolute atomic E-state index is 13.1. The Kier molecular flexibility index (Phi) is 6.12. The number of carbonyl (C=O) groups excluding carboxylic acids is 1. The largest absolute Gasteiger partial charge is 0.497 e. The fourth-order valence-corrected chi connectivity index (χ4v) is 4.39. The first-order chi connectivity index (χ1) is 16.6. The summed E-state index contributed by atoms with van der Waals surface area (Å²) < 4.78 is 20.3. The molecule has 4 aromatic rings. The van der Waals surface area contributed by atoms with Crippen LogP contribution in [0.4, 0.5) is 10.2 Å². The minimum Gasteiger partial charge on any atom is -0.497 e. The number of aromatic nitrogens is 3. The summed E-state index contributed by atoms with van der Waals surface area (Å²) in [7, 11) is 1.65. The van der Waals surface area contributed by atoms with Crippen molar-refractivity contribution in [2.24, 2.45) is 5.92 Å². The number of ether oxygens (including phenoxy) is 1. The molecular weight excluding hydrogens is 433 g/mol. The van der Waals surface area contributed by atoms with Gasteiger partial charge in [0.05, 0.1) is 18.7 Å². The van der Waals surface area contributed by atoms with Crippen LogP contribution < -0.4 is 15.0 Å². The standard InChI is InChI=1S/C26H26FN5O2/c1-34-22-6-2-4-19(14-22)23-15-24-25(28-11-13-32(24)30-23)31-12-3-5-20(17-31)26(33)29-16-18-7-9-21(27)10-8-18/h2,4,6-11,13-15,20H,3,5,12,16-17H2,1H3,(H,29,33)/t20-/m1/s1. The molecule has 34 heavy (non-hydrogen) atoms. The van der Waals surface area contributed by atoms with E-state index < -0.39 is 0 Å². The van der Waals surface area contributed by atoms with Crippen molar-refractivity contribution in [3.05, 3.63) is 78.4 Å². The molecule has 0 unspecified atom stereocenters. The molecule has 0 aliphatic carbocycles. The summed E-state index contributed by atoms with van der Waals surface area (Å²) in [5, 5.41) is 7.72. The Labute approximate surface area is 197 Å². The zero-order chi connectivity index (χ0) is 23.5. The molecule has 0 spiro atoms. The molecule has 7 nitrogen and oxygen atoms in total. The van der Waals surface area contributed by atoms with Gasteiger partial charge in [-0.3, -0.25) is 4.79 Å². The van der Waals surface area contributed by atoms with Gasteiger partial charge in [0.2, 0.25) is 5.91 Å². The second kappa shape index (κ2) is 9.51. The van der Waals surface area contributed by atoms with E-state index in [1.54, 1.807) is 25.4 Å². The van der Waals surface area contributed by atoms with E-state index in [4.69, 9.17) is 9.84 Å². The van der Waals surface area contributed by atoms with Gasteiger partial charge in [-0.05, 0) is 48.7 Å². The summed E-state index contributed by atoms with van der Waals surface area (Å²) in [6.45, 7) is 1.80. The van der Waals surface area contributed by atoms with Crippen LogP contribution >= 0.6 is 0 Å². The van der Waals surface area contributed by atoms with E-state index in [0.29, 0.717) is 13.1 Å². The molecule has 8 heteroatoms. The Morgan fingerprint density at radius 1 is 1.21 bits per heavy atom. The third-order valence-electron chi connectivity index (χ3n) is 6.21. The molecule has 1 N–H and O–H groups in total. The maximum atomic E-state index is 13.1. The first-order valence-corrected chi connectivity index (χ1v) is 11.4. The van der Waals surface area contributed by atoms with E-state index in [1.165, 1.54) is 12.1 Å². The van der Waals surface area contributed by atoms with Crippen LogP contribution in [0, 0.1) is 11.7 Å². The van der Waals surface area contributed by atoms with Crippen molar-refractivity contribution in [1.29, 1.82) is 0 Å². The van der Waals surface area contributed by atoms with Crippen molar-refractivity contribution in [3.8, 4) is 17.0 Å². The number of fused-ring (bicyclic) bond motifs is 1. The van der Waals surface area contributed by atoms with E-state index in [0.717, 1.165) is 53.3 Å². The summed E-state index contributed by atoms with van der Waals surface area (Å²) in [4.78, 5) is 19.7. The fourth-order valence-electron chi connectivity index (χ4n) is 4.39. The van der Waals surface area contributed by atoms with Gasteiger partial charge >= 0.3 is 0 Å². The predicted molar refractivity (Wildman–Crippen MR) is 128 cm³/mol. The second-order valence-corrected chi connectivity index (χ2v) is 8.47. The van der Waals surface area contributed by atoms with Gasteiger partial charge in [0.15, 0.2) is 5.82 Å². The molecule has 3 heterocycles. The molecule has 1 aliphatic rings. The lowest BCUT2D eigenvalue weighted by molar-refractivity contribution is -0.125. The van der Waals surface area contributed by atoms with Crippen LogP contribution in [0.3, 0.4) is 0 Å². The molecule has 1 saturated heterocycles. The Bertz CT molecular complexity index is 1300. The Morgan fingerprint density at radius 2 is 2.06 bits per heavy atom. The highest BCUT2D eigenvalue weighted by Gasteiger charge is 2.27. The van der Waals surface area contributed by atoms with Gasteiger partial charge in [0, 0.05) is 37.6 Å². The summed E-state index contributed by atoms with van der Waals surface area (Å²) in [6, 6.07) is 16.0. The average molecular weight is 460 g/mol. The van der Waals surface area contributed by atoms with Crippen LogP contribution in [0.1, 0.15) is 18.4 Å². The van der Waals surface area contributed by atoms with Crippen LogP contribution in [-0.4, -0.2) is 40.7 Å². The summed E-state index contributed by atoms with van der Waals surface area (Å²) in [5.41, 5.74) is 3.57. The van der Waals surface area contributed by atoms with Crippen molar-refractivity contribution in [2.75, 3.05) is 25.1 Å². The van der Waals surface area contributed by atoms with Gasteiger partial charge in [-0.1, -0.05) is 24.3 Å². The summed E-state index contributed by atoms with van der Waals surface area (Å²) in [5.74, 6) is 1.18. The Hall–Kier alpha value is -3.94. The minimum atomic E-state index is -0.283. The van der Waals surface area contributed by atoms with Gasteiger partial charge in [0.25, 0.3) is 0 Å². The van der Waals surface area contributed by atoms with E-state index in [1.807, 2.05) is 41.0 Å². The first-order valence-electron chi connectivity index (χ1n) is 11.4.